The third-order valence-electron chi connectivity index (χ3n) is 5.96. The lowest BCUT2D eigenvalue weighted by atomic mass is 9.61. The fraction of sp³-hybridized carbons (Fsp3) is 0.650. The van der Waals surface area contributed by atoms with Crippen molar-refractivity contribution in [2.75, 3.05) is 0 Å². The number of Topliss-reactive ketones (excluding diaryl/α,β-unsaturated/α-hetero) is 1. The molecule has 0 saturated carbocycles. The SMILES string of the molecule is CC1(C)CCc2cc3c(cc2C1=O)C(C)(C)CCC3(C)C. The lowest BCUT2D eigenvalue weighted by Crippen LogP contribution is -2.36. The Balaban J connectivity index is 2.24. The smallest absolute Gasteiger partial charge is 0.168 e. The Bertz CT molecular complexity index is 617. The zero-order valence-electron chi connectivity index (χ0n) is 14.4. The van der Waals surface area contributed by atoms with Crippen LogP contribution >= 0.6 is 0 Å². The predicted molar refractivity (Wildman–Crippen MR) is 88.2 cm³/mol. The zero-order valence-corrected chi connectivity index (χ0v) is 14.4. The predicted octanol–water partition coefficient (Wildman–Crippen LogP) is 5.19. The second kappa shape index (κ2) is 4.21. The van der Waals surface area contributed by atoms with E-state index in [-0.39, 0.29) is 16.2 Å². The monoisotopic (exact) mass is 284 g/mol. The molecular weight excluding hydrogens is 256 g/mol. The van der Waals surface area contributed by atoms with Crippen LogP contribution in [-0.4, -0.2) is 5.78 Å². The number of hydrogen-bond donors (Lipinski definition) is 0. The van der Waals surface area contributed by atoms with E-state index >= 15 is 0 Å². The fourth-order valence-corrected chi connectivity index (χ4v) is 4.00. The second-order valence-electron chi connectivity index (χ2n) is 9.04. The second-order valence-corrected chi connectivity index (χ2v) is 9.04. The minimum absolute atomic E-state index is 0.182. The summed E-state index contributed by atoms with van der Waals surface area (Å²) in [7, 11) is 0. The molecule has 0 aliphatic heterocycles. The van der Waals surface area contributed by atoms with Crippen LogP contribution in [0.5, 0.6) is 0 Å². The van der Waals surface area contributed by atoms with Gasteiger partial charge in [0.2, 0.25) is 0 Å². The summed E-state index contributed by atoms with van der Waals surface area (Å²) < 4.78 is 0. The summed E-state index contributed by atoms with van der Waals surface area (Å²) in [6, 6.07) is 4.60. The van der Waals surface area contributed by atoms with Gasteiger partial charge < -0.3 is 0 Å². The van der Waals surface area contributed by atoms with E-state index in [9.17, 15) is 4.79 Å². The summed E-state index contributed by atoms with van der Waals surface area (Å²) in [6.07, 6.45) is 4.44. The van der Waals surface area contributed by atoms with Crippen molar-refractivity contribution in [1.29, 1.82) is 0 Å². The molecule has 21 heavy (non-hydrogen) atoms. The maximum absolute atomic E-state index is 12.8. The maximum Gasteiger partial charge on any atom is 0.168 e. The Morgan fingerprint density at radius 1 is 0.762 bits per heavy atom. The van der Waals surface area contributed by atoms with E-state index in [0.29, 0.717) is 5.78 Å². The average molecular weight is 284 g/mol. The van der Waals surface area contributed by atoms with Gasteiger partial charge in [0.15, 0.2) is 5.78 Å². The molecule has 0 amide bonds. The molecule has 2 aliphatic rings. The van der Waals surface area contributed by atoms with Gasteiger partial charge in [-0.2, -0.15) is 0 Å². The molecule has 1 aromatic carbocycles. The van der Waals surface area contributed by atoms with Gasteiger partial charge in [-0.1, -0.05) is 47.6 Å². The van der Waals surface area contributed by atoms with Crippen LogP contribution in [0.3, 0.4) is 0 Å². The standard InChI is InChI=1S/C20H28O/c1-18(2)9-10-19(3,4)16-12-14-13(11-15(16)18)7-8-20(5,6)17(14)21/h11-12H,7-10H2,1-6H3. The zero-order chi connectivity index (χ0) is 15.6. The molecule has 0 fully saturated rings. The molecule has 3 rings (SSSR count). The molecule has 0 heterocycles. The average Bonchev–Trinajstić information content (AvgIpc) is 2.39. The van der Waals surface area contributed by atoms with Crippen molar-refractivity contribution in [2.24, 2.45) is 5.41 Å². The van der Waals surface area contributed by atoms with Gasteiger partial charge in [0.1, 0.15) is 0 Å². The summed E-state index contributed by atoms with van der Waals surface area (Å²) in [5.74, 6) is 0.339. The summed E-state index contributed by atoms with van der Waals surface area (Å²) in [6.45, 7) is 13.5. The highest BCUT2D eigenvalue weighted by Crippen LogP contribution is 2.48. The summed E-state index contributed by atoms with van der Waals surface area (Å²) >= 11 is 0. The number of fused-ring (bicyclic) bond motifs is 2. The van der Waals surface area contributed by atoms with Crippen molar-refractivity contribution in [2.45, 2.75) is 78.1 Å². The van der Waals surface area contributed by atoms with Crippen molar-refractivity contribution in [1.82, 2.24) is 0 Å². The third kappa shape index (κ3) is 2.17. The van der Waals surface area contributed by atoms with Gasteiger partial charge in [-0.25, -0.2) is 0 Å². The molecule has 0 spiro atoms. The van der Waals surface area contributed by atoms with Crippen molar-refractivity contribution < 1.29 is 4.79 Å². The molecule has 2 aliphatic carbocycles. The van der Waals surface area contributed by atoms with Crippen molar-refractivity contribution in [3.8, 4) is 0 Å². The molecule has 0 bridgehead atoms. The van der Waals surface area contributed by atoms with Crippen LogP contribution in [-0.2, 0) is 17.3 Å². The van der Waals surface area contributed by atoms with E-state index in [1.165, 1.54) is 29.5 Å². The Kier molecular flexibility index (Phi) is 2.97. The largest absolute Gasteiger partial charge is 0.294 e. The van der Waals surface area contributed by atoms with Gasteiger partial charge in [0.05, 0.1) is 0 Å². The van der Waals surface area contributed by atoms with Crippen LogP contribution in [0.4, 0.5) is 0 Å². The topological polar surface area (TPSA) is 17.1 Å². The highest BCUT2D eigenvalue weighted by molar-refractivity contribution is 6.02. The minimum Gasteiger partial charge on any atom is -0.294 e. The van der Waals surface area contributed by atoms with E-state index in [4.69, 9.17) is 0 Å². The first-order valence-corrected chi connectivity index (χ1v) is 8.27. The molecule has 0 saturated heterocycles. The Labute approximate surface area is 129 Å². The third-order valence-corrected chi connectivity index (χ3v) is 5.96. The van der Waals surface area contributed by atoms with Crippen LogP contribution < -0.4 is 0 Å². The van der Waals surface area contributed by atoms with Crippen molar-refractivity contribution >= 4 is 5.78 Å². The van der Waals surface area contributed by atoms with Gasteiger partial charge in [-0.3, -0.25) is 4.79 Å². The molecule has 0 atom stereocenters. The fourth-order valence-electron chi connectivity index (χ4n) is 4.00. The normalized spacial score (nSPS) is 25.1. The number of aryl methyl sites for hydroxylation is 1. The molecule has 0 aromatic heterocycles. The molecule has 114 valence electrons. The number of benzene rings is 1. The molecule has 0 unspecified atom stereocenters. The summed E-state index contributed by atoms with van der Waals surface area (Å²) in [4.78, 5) is 12.8. The Hall–Kier alpha value is -1.11. The van der Waals surface area contributed by atoms with Gasteiger partial charge >= 0.3 is 0 Å². The van der Waals surface area contributed by atoms with Crippen molar-refractivity contribution in [3.63, 3.8) is 0 Å². The Morgan fingerprint density at radius 2 is 1.29 bits per heavy atom. The van der Waals surface area contributed by atoms with Gasteiger partial charge in [-0.05, 0) is 59.3 Å². The van der Waals surface area contributed by atoms with Gasteiger partial charge in [-0.15, -0.1) is 0 Å². The van der Waals surface area contributed by atoms with Gasteiger partial charge in [0.25, 0.3) is 0 Å². The molecule has 1 nitrogen and oxygen atoms in total. The molecule has 1 heteroatoms. The maximum atomic E-state index is 12.8. The van der Waals surface area contributed by atoms with E-state index in [0.717, 1.165) is 18.4 Å². The summed E-state index contributed by atoms with van der Waals surface area (Å²) in [5.41, 5.74) is 5.38. The number of ketones is 1. The Morgan fingerprint density at radius 3 is 1.86 bits per heavy atom. The first-order chi connectivity index (χ1) is 9.55. The summed E-state index contributed by atoms with van der Waals surface area (Å²) in [5, 5.41) is 0. The first-order valence-electron chi connectivity index (χ1n) is 8.27. The number of hydrogen-bond acceptors (Lipinski definition) is 1. The van der Waals surface area contributed by atoms with E-state index in [1.807, 2.05) is 0 Å². The van der Waals surface area contributed by atoms with E-state index in [2.05, 4.69) is 53.7 Å². The van der Waals surface area contributed by atoms with Crippen LogP contribution in [0.1, 0.15) is 87.9 Å². The molecule has 0 radical (unpaired) electrons. The quantitative estimate of drug-likeness (QED) is 0.640. The highest BCUT2D eigenvalue weighted by atomic mass is 16.1. The van der Waals surface area contributed by atoms with Crippen LogP contribution in [0.25, 0.3) is 0 Å². The van der Waals surface area contributed by atoms with E-state index < -0.39 is 0 Å². The van der Waals surface area contributed by atoms with Gasteiger partial charge in [0, 0.05) is 11.0 Å². The number of carbonyl (C=O) groups is 1. The number of carbonyl (C=O) groups excluding carboxylic acids is 1. The first kappa shape index (κ1) is 14.8. The lowest BCUT2D eigenvalue weighted by Gasteiger charge is -2.43. The van der Waals surface area contributed by atoms with E-state index in [1.54, 1.807) is 0 Å². The lowest BCUT2D eigenvalue weighted by molar-refractivity contribution is 0.0810. The molecule has 0 N–H and O–H groups in total. The molecular formula is C20H28O. The van der Waals surface area contributed by atoms with Crippen LogP contribution in [0.2, 0.25) is 0 Å². The number of rotatable bonds is 0. The minimum atomic E-state index is -0.199. The van der Waals surface area contributed by atoms with Crippen molar-refractivity contribution in [3.05, 3.63) is 34.4 Å². The van der Waals surface area contributed by atoms with Crippen LogP contribution in [0, 0.1) is 5.41 Å². The van der Waals surface area contributed by atoms with Crippen LogP contribution in [0.15, 0.2) is 12.1 Å². The highest BCUT2D eigenvalue weighted by Gasteiger charge is 2.41. The molecule has 1 aromatic rings.